The van der Waals surface area contributed by atoms with Crippen LogP contribution in [0.2, 0.25) is 0 Å². The molecule has 0 amide bonds. The molecule has 0 saturated heterocycles. The molecular formula is C13H17NO5S. The number of aliphatic hydroxyl groups excluding tert-OH is 1. The minimum atomic E-state index is -3.60. The number of fused-ring (bicyclic) bond motifs is 1. The van der Waals surface area contributed by atoms with Crippen LogP contribution in [0.4, 0.5) is 5.69 Å². The Morgan fingerprint density at radius 1 is 1.45 bits per heavy atom. The summed E-state index contributed by atoms with van der Waals surface area (Å²) in [6.07, 6.45) is -0.493. The number of aliphatic hydroxyl groups is 1. The smallest absolute Gasteiger partial charge is 0.306 e. The molecule has 0 radical (unpaired) electrons. The third-order valence-corrected chi connectivity index (χ3v) is 5.07. The molecule has 20 heavy (non-hydrogen) atoms. The van der Waals surface area contributed by atoms with Gasteiger partial charge >= 0.3 is 5.97 Å². The lowest BCUT2D eigenvalue weighted by Crippen LogP contribution is -2.38. The molecule has 0 fully saturated rings. The van der Waals surface area contributed by atoms with E-state index in [1.807, 2.05) is 0 Å². The molecule has 1 atom stereocenters. The standard InChI is InChI=1S/C13H17NO5S/c1-19-13(16)7-9-20(17,18)14-8-6-12(15)10-4-2-3-5-11(10)14/h2-5,12,15H,6-9H2,1H3. The fourth-order valence-corrected chi connectivity index (χ4v) is 3.72. The van der Waals surface area contributed by atoms with Crippen molar-refractivity contribution in [3.05, 3.63) is 29.8 Å². The van der Waals surface area contributed by atoms with Crippen LogP contribution < -0.4 is 4.31 Å². The third kappa shape index (κ3) is 2.94. The summed E-state index contributed by atoms with van der Waals surface area (Å²) in [5, 5.41) is 9.91. The second kappa shape index (κ2) is 5.80. The fourth-order valence-electron chi connectivity index (χ4n) is 2.23. The average molecular weight is 299 g/mol. The van der Waals surface area contributed by atoms with Gasteiger partial charge in [0.1, 0.15) is 0 Å². The number of para-hydroxylation sites is 1. The van der Waals surface area contributed by atoms with Gasteiger partial charge in [-0.1, -0.05) is 18.2 Å². The molecular weight excluding hydrogens is 282 g/mol. The highest BCUT2D eigenvalue weighted by atomic mass is 32.2. The van der Waals surface area contributed by atoms with E-state index < -0.39 is 22.1 Å². The number of anilines is 1. The zero-order valence-corrected chi connectivity index (χ0v) is 12.0. The van der Waals surface area contributed by atoms with Crippen molar-refractivity contribution in [2.45, 2.75) is 18.9 Å². The predicted molar refractivity (Wildman–Crippen MR) is 73.8 cm³/mol. The number of hydrogen-bond acceptors (Lipinski definition) is 5. The van der Waals surface area contributed by atoms with Crippen LogP contribution in [-0.2, 0) is 19.6 Å². The maximum absolute atomic E-state index is 12.3. The maximum atomic E-state index is 12.3. The van der Waals surface area contributed by atoms with Crippen LogP contribution in [-0.4, -0.2) is 38.9 Å². The maximum Gasteiger partial charge on any atom is 0.306 e. The Kier molecular flexibility index (Phi) is 4.29. The van der Waals surface area contributed by atoms with Crippen molar-refractivity contribution in [3.63, 3.8) is 0 Å². The lowest BCUT2D eigenvalue weighted by molar-refractivity contribution is -0.140. The Morgan fingerprint density at radius 2 is 2.15 bits per heavy atom. The van der Waals surface area contributed by atoms with E-state index in [4.69, 9.17) is 0 Å². The Hall–Kier alpha value is -1.60. The van der Waals surface area contributed by atoms with E-state index in [1.165, 1.54) is 11.4 Å². The lowest BCUT2D eigenvalue weighted by Gasteiger charge is -2.32. The van der Waals surface area contributed by atoms with Gasteiger partial charge in [0.05, 0.1) is 31.1 Å². The van der Waals surface area contributed by atoms with Crippen molar-refractivity contribution in [3.8, 4) is 0 Å². The minimum absolute atomic E-state index is 0.181. The molecule has 0 spiro atoms. The van der Waals surface area contributed by atoms with E-state index in [9.17, 15) is 18.3 Å². The largest absolute Gasteiger partial charge is 0.469 e. The van der Waals surface area contributed by atoms with Gasteiger partial charge < -0.3 is 9.84 Å². The number of carbonyl (C=O) groups excluding carboxylic acids is 1. The van der Waals surface area contributed by atoms with Crippen molar-refractivity contribution < 1.29 is 23.1 Å². The first-order chi connectivity index (χ1) is 9.45. The van der Waals surface area contributed by atoms with Gasteiger partial charge in [-0.25, -0.2) is 8.42 Å². The Labute approximate surface area is 118 Å². The summed E-state index contributed by atoms with van der Waals surface area (Å²) in [6.45, 7) is 0.210. The normalized spacial score (nSPS) is 18.5. The topological polar surface area (TPSA) is 83.9 Å². The van der Waals surface area contributed by atoms with Crippen LogP contribution in [0.3, 0.4) is 0 Å². The van der Waals surface area contributed by atoms with E-state index >= 15 is 0 Å². The van der Waals surface area contributed by atoms with Gasteiger partial charge in [0, 0.05) is 12.1 Å². The summed E-state index contributed by atoms with van der Waals surface area (Å²) in [7, 11) is -2.38. The first kappa shape index (κ1) is 14.8. The Morgan fingerprint density at radius 3 is 2.85 bits per heavy atom. The molecule has 2 rings (SSSR count). The number of sulfonamides is 1. The van der Waals surface area contributed by atoms with Crippen LogP contribution in [0.25, 0.3) is 0 Å². The van der Waals surface area contributed by atoms with Crippen molar-refractivity contribution in [2.75, 3.05) is 23.7 Å². The van der Waals surface area contributed by atoms with Crippen LogP contribution in [0.15, 0.2) is 24.3 Å². The van der Waals surface area contributed by atoms with Crippen LogP contribution in [0.5, 0.6) is 0 Å². The third-order valence-electron chi connectivity index (χ3n) is 3.30. The molecule has 0 aromatic heterocycles. The number of hydrogen-bond donors (Lipinski definition) is 1. The average Bonchev–Trinajstić information content (AvgIpc) is 2.45. The predicted octanol–water partition coefficient (Wildman–Crippen LogP) is 0.823. The summed E-state index contributed by atoms with van der Waals surface area (Å²) < 4.78 is 30.3. The van der Waals surface area contributed by atoms with Gasteiger partial charge in [-0.2, -0.15) is 0 Å². The highest BCUT2D eigenvalue weighted by Gasteiger charge is 2.31. The number of methoxy groups -OCH3 is 1. The van der Waals surface area contributed by atoms with Crippen LogP contribution in [0.1, 0.15) is 24.5 Å². The quantitative estimate of drug-likeness (QED) is 0.832. The number of benzene rings is 1. The number of carbonyl (C=O) groups is 1. The molecule has 1 unspecified atom stereocenters. The zero-order valence-electron chi connectivity index (χ0n) is 11.2. The fraction of sp³-hybridized carbons (Fsp3) is 0.462. The molecule has 7 heteroatoms. The summed E-state index contributed by atoms with van der Waals surface area (Å²) in [4.78, 5) is 11.1. The van der Waals surface area contributed by atoms with Gasteiger partial charge in [-0.3, -0.25) is 9.10 Å². The number of nitrogens with zero attached hydrogens (tertiary/aromatic N) is 1. The van der Waals surface area contributed by atoms with Crippen molar-refractivity contribution in [1.29, 1.82) is 0 Å². The second-order valence-corrected chi connectivity index (χ2v) is 6.59. The monoisotopic (exact) mass is 299 g/mol. The molecule has 6 nitrogen and oxygen atoms in total. The highest BCUT2D eigenvalue weighted by molar-refractivity contribution is 7.92. The molecule has 0 bridgehead atoms. The Balaban J connectivity index is 2.25. The molecule has 1 N–H and O–H groups in total. The number of ether oxygens (including phenoxy) is 1. The van der Waals surface area contributed by atoms with Gasteiger partial charge in [0.2, 0.25) is 10.0 Å². The lowest BCUT2D eigenvalue weighted by atomic mass is 10.0. The van der Waals surface area contributed by atoms with E-state index in [0.29, 0.717) is 17.7 Å². The number of rotatable bonds is 4. The van der Waals surface area contributed by atoms with E-state index in [0.717, 1.165) is 0 Å². The summed E-state index contributed by atoms with van der Waals surface area (Å²) in [5.41, 5.74) is 1.08. The zero-order chi connectivity index (χ0) is 14.8. The molecule has 0 saturated carbocycles. The Bertz CT molecular complexity index is 599. The molecule has 1 aliphatic heterocycles. The van der Waals surface area contributed by atoms with Gasteiger partial charge in [-0.15, -0.1) is 0 Å². The minimum Gasteiger partial charge on any atom is -0.469 e. The summed E-state index contributed by atoms with van der Waals surface area (Å²) >= 11 is 0. The van der Waals surface area contributed by atoms with E-state index in [1.54, 1.807) is 24.3 Å². The van der Waals surface area contributed by atoms with Crippen molar-refractivity contribution in [1.82, 2.24) is 0 Å². The molecule has 110 valence electrons. The van der Waals surface area contributed by atoms with Crippen LogP contribution >= 0.6 is 0 Å². The van der Waals surface area contributed by atoms with Gasteiger partial charge in [-0.05, 0) is 12.5 Å². The van der Waals surface area contributed by atoms with Crippen molar-refractivity contribution in [2.24, 2.45) is 0 Å². The first-order valence-electron chi connectivity index (χ1n) is 6.30. The molecule has 1 aliphatic rings. The van der Waals surface area contributed by atoms with Gasteiger partial charge in [0.25, 0.3) is 0 Å². The molecule has 0 aliphatic carbocycles. The molecule has 1 aromatic rings. The second-order valence-electron chi connectivity index (χ2n) is 4.58. The first-order valence-corrected chi connectivity index (χ1v) is 7.91. The molecule has 1 aromatic carbocycles. The SMILES string of the molecule is COC(=O)CCS(=O)(=O)N1CCC(O)c2ccccc21. The highest BCUT2D eigenvalue weighted by Crippen LogP contribution is 2.35. The van der Waals surface area contributed by atoms with E-state index in [-0.39, 0.29) is 18.7 Å². The van der Waals surface area contributed by atoms with E-state index in [2.05, 4.69) is 4.74 Å². The van der Waals surface area contributed by atoms with Crippen LogP contribution in [0, 0.1) is 0 Å². The number of esters is 1. The van der Waals surface area contributed by atoms with Crippen molar-refractivity contribution >= 4 is 21.7 Å². The summed E-state index contributed by atoms with van der Waals surface area (Å²) in [6, 6.07) is 6.85. The summed E-state index contributed by atoms with van der Waals surface area (Å²) in [5.74, 6) is -0.858. The van der Waals surface area contributed by atoms with Gasteiger partial charge in [0.15, 0.2) is 0 Å². The molecule has 1 heterocycles.